The van der Waals surface area contributed by atoms with Crippen LogP contribution in [0.4, 0.5) is 5.69 Å². The fourth-order valence-electron chi connectivity index (χ4n) is 5.01. The Morgan fingerprint density at radius 1 is 1.20 bits per heavy atom. The lowest BCUT2D eigenvalue weighted by molar-refractivity contribution is -0.0458. The van der Waals surface area contributed by atoms with Crippen molar-refractivity contribution < 1.29 is 14.3 Å². The molecule has 4 rings (SSSR count). The van der Waals surface area contributed by atoms with E-state index in [9.17, 15) is 4.79 Å². The lowest BCUT2D eigenvalue weighted by atomic mass is 9.71. The number of esters is 1. The van der Waals surface area contributed by atoms with E-state index in [0.717, 1.165) is 30.2 Å². The summed E-state index contributed by atoms with van der Waals surface area (Å²) in [5.74, 6) is 1.02. The Hall–Kier alpha value is -1.55. The van der Waals surface area contributed by atoms with E-state index in [1.54, 1.807) is 0 Å². The second-order valence-electron chi connectivity index (χ2n) is 7.69. The summed E-state index contributed by atoms with van der Waals surface area (Å²) in [6.07, 6.45) is 9.22. The van der Waals surface area contributed by atoms with E-state index in [-0.39, 0.29) is 12.1 Å². The summed E-state index contributed by atoms with van der Waals surface area (Å²) < 4.78 is 11.4. The third kappa shape index (κ3) is 3.29. The van der Waals surface area contributed by atoms with Gasteiger partial charge in [0.2, 0.25) is 0 Å². The number of hydrogen-bond acceptors (Lipinski definition) is 4. The van der Waals surface area contributed by atoms with Gasteiger partial charge in [-0.15, -0.1) is 0 Å². The van der Waals surface area contributed by atoms with E-state index in [2.05, 4.69) is 5.32 Å². The first-order valence-corrected chi connectivity index (χ1v) is 9.97. The zero-order valence-corrected chi connectivity index (χ0v) is 15.1. The van der Waals surface area contributed by atoms with Crippen molar-refractivity contribution in [2.45, 2.75) is 64.0 Å². The summed E-state index contributed by atoms with van der Waals surface area (Å²) in [6.45, 7) is 3.06. The van der Waals surface area contributed by atoms with Crippen molar-refractivity contribution in [3.8, 4) is 0 Å². The van der Waals surface area contributed by atoms with E-state index in [1.165, 1.54) is 38.5 Å². The van der Waals surface area contributed by atoms with Gasteiger partial charge in [0.1, 0.15) is 0 Å². The molecule has 1 aromatic rings. The molecule has 2 fully saturated rings. The molecule has 3 aliphatic rings. The van der Waals surface area contributed by atoms with Gasteiger partial charge < -0.3 is 14.8 Å². The van der Waals surface area contributed by atoms with Crippen molar-refractivity contribution in [1.82, 2.24) is 0 Å². The highest BCUT2D eigenvalue weighted by atomic mass is 16.5. The minimum Gasteiger partial charge on any atom is -0.462 e. The van der Waals surface area contributed by atoms with Crippen LogP contribution in [0, 0.1) is 11.8 Å². The van der Waals surface area contributed by atoms with Gasteiger partial charge in [-0.3, -0.25) is 0 Å². The molecule has 1 saturated heterocycles. The SMILES string of the molecule is CCOC(=O)c1ccc2c(c1)[C@H]1OCCC[C@H]1[C@H](C1CCCCC1)N2. The van der Waals surface area contributed by atoms with Crippen LogP contribution >= 0.6 is 0 Å². The molecule has 25 heavy (non-hydrogen) atoms. The molecule has 1 aliphatic carbocycles. The molecule has 4 heteroatoms. The third-order valence-electron chi connectivity index (χ3n) is 6.18. The van der Waals surface area contributed by atoms with E-state index in [1.807, 2.05) is 25.1 Å². The molecule has 1 aromatic carbocycles. The van der Waals surface area contributed by atoms with Crippen molar-refractivity contribution in [2.24, 2.45) is 11.8 Å². The lowest BCUT2D eigenvalue weighted by Crippen LogP contribution is -2.46. The molecule has 0 amide bonds. The molecule has 136 valence electrons. The first-order chi connectivity index (χ1) is 12.3. The summed E-state index contributed by atoms with van der Waals surface area (Å²) in [4.78, 5) is 12.1. The molecule has 2 aliphatic heterocycles. The molecule has 0 spiro atoms. The number of carbonyl (C=O) groups is 1. The number of fused-ring (bicyclic) bond motifs is 3. The van der Waals surface area contributed by atoms with Crippen molar-refractivity contribution in [2.75, 3.05) is 18.5 Å². The monoisotopic (exact) mass is 343 g/mol. The van der Waals surface area contributed by atoms with Crippen LogP contribution in [0.25, 0.3) is 0 Å². The summed E-state index contributed by atoms with van der Waals surface area (Å²) in [6, 6.07) is 6.42. The molecule has 0 unspecified atom stereocenters. The smallest absolute Gasteiger partial charge is 0.338 e. The predicted molar refractivity (Wildman–Crippen MR) is 97.8 cm³/mol. The van der Waals surface area contributed by atoms with Crippen LogP contribution in [-0.4, -0.2) is 25.2 Å². The first kappa shape index (κ1) is 16.9. The summed E-state index contributed by atoms with van der Waals surface area (Å²) in [7, 11) is 0. The second kappa shape index (κ2) is 7.36. The number of nitrogens with one attached hydrogen (secondary N) is 1. The Morgan fingerprint density at radius 3 is 2.84 bits per heavy atom. The number of carbonyl (C=O) groups excluding carboxylic acids is 1. The average molecular weight is 343 g/mol. The highest BCUT2D eigenvalue weighted by molar-refractivity contribution is 5.90. The molecule has 0 radical (unpaired) electrons. The average Bonchev–Trinajstić information content (AvgIpc) is 2.68. The van der Waals surface area contributed by atoms with Crippen molar-refractivity contribution in [3.63, 3.8) is 0 Å². The molecule has 0 aromatic heterocycles. The Labute approximate surface area is 150 Å². The van der Waals surface area contributed by atoms with Gasteiger partial charge in [0.05, 0.1) is 18.3 Å². The van der Waals surface area contributed by atoms with Crippen LogP contribution in [-0.2, 0) is 9.47 Å². The predicted octanol–water partition coefficient (Wildman–Crippen LogP) is 4.71. The molecule has 3 atom stereocenters. The van der Waals surface area contributed by atoms with Gasteiger partial charge in [0.25, 0.3) is 0 Å². The van der Waals surface area contributed by atoms with Crippen molar-refractivity contribution in [3.05, 3.63) is 29.3 Å². The molecular weight excluding hydrogens is 314 g/mol. The van der Waals surface area contributed by atoms with Gasteiger partial charge in [0, 0.05) is 29.8 Å². The fraction of sp³-hybridized carbons (Fsp3) is 0.667. The van der Waals surface area contributed by atoms with E-state index in [4.69, 9.17) is 9.47 Å². The van der Waals surface area contributed by atoms with Crippen LogP contribution in [0.1, 0.15) is 73.9 Å². The molecular formula is C21H29NO3. The molecule has 2 heterocycles. The minimum atomic E-state index is -0.243. The Bertz CT molecular complexity index is 624. The number of rotatable bonds is 3. The maximum Gasteiger partial charge on any atom is 0.338 e. The minimum absolute atomic E-state index is 0.117. The van der Waals surface area contributed by atoms with Crippen molar-refractivity contribution in [1.29, 1.82) is 0 Å². The maximum atomic E-state index is 12.1. The zero-order chi connectivity index (χ0) is 17.2. The van der Waals surface area contributed by atoms with Gasteiger partial charge in [0.15, 0.2) is 0 Å². The second-order valence-corrected chi connectivity index (χ2v) is 7.69. The molecule has 0 bridgehead atoms. The van der Waals surface area contributed by atoms with Gasteiger partial charge in [-0.1, -0.05) is 19.3 Å². The largest absolute Gasteiger partial charge is 0.462 e. The number of benzene rings is 1. The topological polar surface area (TPSA) is 47.6 Å². The zero-order valence-electron chi connectivity index (χ0n) is 15.1. The number of anilines is 1. The van der Waals surface area contributed by atoms with E-state index >= 15 is 0 Å². The maximum absolute atomic E-state index is 12.1. The van der Waals surface area contributed by atoms with Gasteiger partial charge in [-0.2, -0.15) is 0 Å². The van der Waals surface area contributed by atoms with Crippen LogP contribution in [0.5, 0.6) is 0 Å². The summed E-state index contributed by atoms with van der Waals surface area (Å²) in [5, 5.41) is 3.83. The van der Waals surface area contributed by atoms with Crippen molar-refractivity contribution >= 4 is 11.7 Å². The Morgan fingerprint density at radius 2 is 2.04 bits per heavy atom. The fourth-order valence-corrected chi connectivity index (χ4v) is 5.01. The highest BCUT2D eigenvalue weighted by Crippen LogP contribution is 2.47. The van der Waals surface area contributed by atoms with Gasteiger partial charge in [-0.25, -0.2) is 4.79 Å². The van der Waals surface area contributed by atoms with Gasteiger partial charge >= 0.3 is 5.97 Å². The van der Waals surface area contributed by atoms with Gasteiger partial charge in [-0.05, 0) is 56.7 Å². The highest BCUT2D eigenvalue weighted by Gasteiger charge is 2.42. The van der Waals surface area contributed by atoms with E-state index in [0.29, 0.717) is 24.1 Å². The van der Waals surface area contributed by atoms with Crippen LogP contribution < -0.4 is 5.32 Å². The molecule has 1 N–H and O–H groups in total. The third-order valence-corrected chi connectivity index (χ3v) is 6.18. The standard InChI is InChI=1S/C21H29NO3/c1-2-24-21(23)15-10-11-18-17(13-15)20-16(9-6-12-25-20)19(22-18)14-7-4-3-5-8-14/h10-11,13-14,16,19-20,22H,2-9,12H2,1H3/t16-,19-,20-/m0/s1. The first-order valence-electron chi connectivity index (χ1n) is 9.97. The Balaban J connectivity index is 1.64. The number of ether oxygens (including phenoxy) is 2. The van der Waals surface area contributed by atoms with Crippen LogP contribution in [0.3, 0.4) is 0 Å². The van der Waals surface area contributed by atoms with Crippen LogP contribution in [0.15, 0.2) is 18.2 Å². The molecule has 4 nitrogen and oxygen atoms in total. The normalized spacial score (nSPS) is 29.2. The van der Waals surface area contributed by atoms with E-state index < -0.39 is 0 Å². The summed E-state index contributed by atoms with van der Waals surface area (Å²) in [5.41, 5.74) is 2.92. The quantitative estimate of drug-likeness (QED) is 0.808. The number of hydrogen-bond donors (Lipinski definition) is 1. The molecule has 1 saturated carbocycles. The summed E-state index contributed by atoms with van der Waals surface area (Å²) >= 11 is 0. The lowest BCUT2D eigenvalue weighted by Gasteiger charge is -2.47. The Kier molecular flexibility index (Phi) is 4.98. The van der Waals surface area contributed by atoms with Crippen LogP contribution in [0.2, 0.25) is 0 Å².